The molecule has 0 radical (unpaired) electrons. The van der Waals surface area contributed by atoms with Crippen molar-refractivity contribution in [3.05, 3.63) is 12.4 Å². The van der Waals surface area contributed by atoms with Crippen molar-refractivity contribution in [3.63, 3.8) is 0 Å². The monoisotopic (exact) mass is 243 g/mol. The van der Waals surface area contributed by atoms with Gasteiger partial charge in [-0.3, -0.25) is 14.3 Å². The Morgan fingerprint density at radius 2 is 2.38 bits per heavy atom. The SMILES string of the molecule is COC(=O)Cn1cc(NC(=O)CSC)cn1. The maximum absolute atomic E-state index is 11.2. The van der Waals surface area contributed by atoms with Crippen LogP contribution in [0.1, 0.15) is 0 Å². The average molecular weight is 243 g/mol. The molecule has 0 saturated heterocycles. The molecule has 6 nitrogen and oxygen atoms in total. The van der Waals surface area contributed by atoms with Gasteiger partial charge in [0.2, 0.25) is 5.91 Å². The number of thioether (sulfide) groups is 1. The first-order valence-electron chi connectivity index (χ1n) is 4.53. The summed E-state index contributed by atoms with van der Waals surface area (Å²) in [5.74, 6) is -0.0856. The first kappa shape index (κ1) is 12.6. The molecule has 1 amide bonds. The number of nitrogens with one attached hydrogen (secondary N) is 1. The number of aromatic nitrogens is 2. The predicted octanol–water partition coefficient (Wildman–Crippen LogP) is 0.358. The van der Waals surface area contributed by atoms with E-state index in [4.69, 9.17) is 0 Å². The van der Waals surface area contributed by atoms with Crippen molar-refractivity contribution in [1.29, 1.82) is 0 Å². The summed E-state index contributed by atoms with van der Waals surface area (Å²) in [4.78, 5) is 22.2. The highest BCUT2D eigenvalue weighted by atomic mass is 32.2. The summed E-state index contributed by atoms with van der Waals surface area (Å²) in [6.07, 6.45) is 4.91. The van der Waals surface area contributed by atoms with Crippen molar-refractivity contribution < 1.29 is 14.3 Å². The minimum atomic E-state index is -0.384. The molecule has 0 fully saturated rings. The zero-order valence-electron chi connectivity index (χ0n) is 9.10. The molecule has 0 saturated carbocycles. The molecule has 1 rings (SSSR count). The second-order valence-electron chi connectivity index (χ2n) is 2.98. The van der Waals surface area contributed by atoms with Crippen LogP contribution in [0.25, 0.3) is 0 Å². The van der Waals surface area contributed by atoms with Crippen LogP contribution in [0.15, 0.2) is 12.4 Å². The number of carbonyl (C=O) groups is 2. The van der Waals surface area contributed by atoms with Crippen LogP contribution in [0.4, 0.5) is 5.69 Å². The van der Waals surface area contributed by atoms with E-state index < -0.39 is 0 Å². The minimum absolute atomic E-state index is 0.0366. The van der Waals surface area contributed by atoms with E-state index in [2.05, 4.69) is 15.2 Å². The largest absolute Gasteiger partial charge is 0.468 e. The van der Waals surface area contributed by atoms with Crippen molar-refractivity contribution in [2.24, 2.45) is 0 Å². The number of hydrogen-bond acceptors (Lipinski definition) is 5. The molecule has 0 bridgehead atoms. The molecule has 1 N–H and O–H groups in total. The van der Waals surface area contributed by atoms with Gasteiger partial charge in [-0.2, -0.15) is 16.9 Å². The number of esters is 1. The van der Waals surface area contributed by atoms with Gasteiger partial charge in [0.25, 0.3) is 0 Å². The average Bonchev–Trinajstić information content (AvgIpc) is 2.65. The molecule has 0 aromatic carbocycles. The molecular formula is C9H13N3O3S. The lowest BCUT2D eigenvalue weighted by Crippen LogP contribution is -2.14. The van der Waals surface area contributed by atoms with E-state index in [-0.39, 0.29) is 18.4 Å². The Bertz CT molecular complexity index is 378. The quantitative estimate of drug-likeness (QED) is 0.756. The summed E-state index contributed by atoms with van der Waals surface area (Å²) < 4.78 is 5.90. The Kier molecular flexibility index (Phi) is 4.84. The minimum Gasteiger partial charge on any atom is -0.468 e. The molecule has 7 heteroatoms. The normalized spacial score (nSPS) is 9.88. The summed E-state index contributed by atoms with van der Waals surface area (Å²) in [5.41, 5.74) is 0.572. The standard InChI is InChI=1S/C9H13N3O3S/c1-15-9(14)5-12-4-7(3-10-12)11-8(13)6-16-2/h3-4H,5-6H2,1-2H3,(H,11,13). The van der Waals surface area contributed by atoms with Crippen LogP contribution in [-0.4, -0.2) is 40.8 Å². The molecule has 0 aliphatic rings. The topological polar surface area (TPSA) is 73.2 Å². The maximum Gasteiger partial charge on any atom is 0.327 e. The van der Waals surface area contributed by atoms with Gasteiger partial charge in [0.05, 0.1) is 24.7 Å². The third-order valence-corrected chi connectivity index (χ3v) is 2.26. The van der Waals surface area contributed by atoms with Crippen LogP contribution in [-0.2, 0) is 20.9 Å². The molecule has 16 heavy (non-hydrogen) atoms. The van der Waals surface area contributed by atoms with E-state index in [1.807, 2.05) is 6.26 Å². The Hall–Kier alpha value is -1.50. The zero-order valence-corrected chi connectivity index (χ0v) is 9.91. The molecule has 88 valence electrons. The van der Waals surface area contributed by atoms with E-state index >= 15 is 0 Å². The Labute approximate surface area is 97.3 Å². The fraction of sp³-hybridized carbons (Fsp3) is 0.444. The summed E-state index contributed by atoms with van der Waals surface area (Å²) in [5, 5.41) is 6.57. The van der Waals surface area contributed by atoms with Crippen molar-refractivity contribution in [2.75, 3.05) is 24.4 Å². The smallest absolute Gasteiger partial charge is 0.327 e. The van der Waals surface area contributed by atoms with E-state index in [0.717, 1.165) is 0 Å². The number of ether oxygens (including phenoxy) is 1. The highest BCUT2D eigenvalue weighted by molar-refractivity contribution is 7.99. The lowest BCUT2D eigenvalue weighted by molar-refractivity contribution is -0.141. The Morgan fingerprint density at radius 3 is 3.00 bits per heavy atom. The summed E-state index contributed by atoms with van der Waals surface area (Å²) in [6, 6.07) is 0. The lowest BCUT2D eigenvalue weighted by atomic mass is 10.5. The van der Waals surface area contributed by atoms with Gasteiger partial charge in [0.1, 0.15) is 6.54 Å². The molecule has 0 aliphatic carbocycles. The summed E-state index contributed by atoms with van der Waals surface area (Å²) >= 11 is 1.44. The second-order valence-corrected chi connectivity index (χ2v) is 3.85. The van der Waals surface area contributed by atoms with Crippen LogP contribution < -0.4 is 5.32 Å². The fourth-order valence-electron chi connectivity index (χ4n) is 1.04. The molecule has 0 atom stereocenters. The first-order chi connectivity index (χ1) is 7.65. The first-order valence-corrected chi connectivity index (χ1v) is 5.93. The molecular weight excluding hydrogens is 230 g/mol. The third-order valence-electron chi connectivity index (χ3n) is 1.71. The number of anilines is 1. The van der Waals surface area contributed by atoms with Crippen molar-refractivity contribution in [3.8, 4) is 0 Å². The molecule has 1 aromatic rings. The molecule has 1 heterocycles. The highest BCUT2D eigenvalue weighted by Crippen LogP contribution is 2.05. The van der Waals surface area contributed by atoms with Crippen LogP contribution >= 0.6 is 11.8 Å². The Morgan fingerprint density at radius 1 is 1.62 bits per heavy atom. The molecule has 0 unspecified atom stereocenters. The number of hydrogen-bond donors (Lipinski definition) is 1. The van der Waals surface area contributed by atoms with E-state index in [9.17, 15) is 9.59 Å². The van der Waals surface area contributed by atoms with Crippen LogP contribution in [0.2, 0.25) is 0 Å². The van der Waals surface area contributed by atoms with Crippen LogP contribution in [0.5, 0.6) is 0 Å². The van der Waals surface area contributed by atoms with Gasteiger partial charge in [-0.1, -0.05) is 0 Å². The van der Waals surface area contributed by atoms with Gasteiger partial charge in [0, 0.05) is 6.20 Å². The molecule has 0 aliphatic heterocycles. The van der Waals surface area contributed by atoms with Gasteiger partial charge >= 0.3 is 5.97 Å². The van der Waals surface area contributed by atoms with Gasteiger partial charge in [-0.05, 0) is 6.26 Å². The second kappa shape index (κ2) is 6.16. The van der Waals surface area contributed by atoms with Gasteiger partial charge < -0.3 is 10.1 Å². The highest BCUT2D eigenvalue weighted by Gasteiger charge is 2.06. The predicted molar refractivity (Wildman–Crippen MR) is 61.3 cm³/mol. The molecule has 0 spiro atoms. The van der Waals surface area contributed by atoms with E-state index in [1.54, 1.807) is 6.20 Å². The van der Waals surface area contributed by atoms with Crippen molar-refractivity contribution in [2.45, 2.75) is 6.54 Å². The Balaban J connectivity index is 2.51. The third kappa shape index (κ3) is 3.93. The van der Waals surface area contributed by atoms with Crippen molar-refractivity contribution >= 4 is 29.3 Å². The maximum atomic E-state index is 11.2. The van der Waals surface area contributed by atoms with E-state index in [1.165, 1.54) is 29.8 Å². The number of methoxy groups -OCH3 is 1. The lowest BCUT2D eigenvalue weighted by Gasteiger charge is -2.00. The summed E-state index contributed by atoms with van der Waals surface area (Å²) in [6.45, 7) is 0.0366. The number of amides is 1. The summed E-state index contributed by atoms with van der Waals surface area (Å²) in [7, 11) is 1.31. The zero-order chi connectivity index (χ0) is 12.0. The van der Waals surface area contributed by atoms with Crippen LogP contribution in [0, 0.1) is 0 Å². The van der Waals surface area contributed by atoms with Crippen molar-refractivity contribution in [1.82, 2.24) is 9.78 Å². The van der Waals surface area contributed by atoms with E-state index in [0.29, 0.717) is 11.4 Å². The van der Waals surface area contributed by atoms with Gasteiger partial charge in [-0.25, -0.2) is 0 Å². The van der Waals surface area contributed by atoms with Gasteiger partial charge in [0.15, 0.2) is 0 Å². The number of carbonyl (C=O) groups excluding carboxylic acids is 2. The number of nitrogens with zero attached hydrogens (tertiary/aromatic N) is 2. The fourth-order valence-corrected chi connectivity index (χ4v) is 1.37. The van der Waals surface area contributed by atoms with Gasteiger partial charge in [-0.15, -0.1) is 0 Å². The van der Waals surface area contributed by atoms with Crippen LogP contribution in [0.3, 0.4) is 0 Å². The number of rotatable bonds is 5. The molecule has 1 aromatic heterocycles.